The van der Waals surface area contributed by atoms with Crippen LogP contribution in [0, 0.1) is 22.2 Å². The van der Waals surface area contributed by atoms with Crippen molar-refractivity contribution in [2.45, 2.75) is 80.6 Å². The molecule has 0 radical (unpaired) electrons. The summed E-state index contributed by atoms with van der Waals surface area (Å²) in [5, 5.41) is 0. The molecule has 0 aromatic heterocycles. The van der Waals surface area contributed by atoms with Crippen LogP contribution in [-0.4, -0.2) is 12.6 Å². The van der Waals surface area contributed by atoms with Gasteiger partial charge in [0.2, 0.25) is 0 Å². The Bertz CT molecular complexity index is 550. The molecule has 136 valence electrons. The molecule has 2 aliphatic carbocycles. The molecule has 0 N–H and O–H groups in total. The summed E-state index contributed by atoms with van der Waals surface area (Å²) >= 11 is 0. The van der Waals surface area contributed by atoms with Crippen molar-refractivity contribution in [2.75, 3.05) is 6.61 Å². The normalized spacial score (nSPS) is 39.4. The van der Waals surface area contributed by atoms with Crippen LogP contribution in [0.4, 0.5) is 0 Å². The van der Waals surface area contributed by atoms with Crippen LogP contribution in [0.2, 0.25) is 0 Å². The molecule has 2 rings (SSSR count). The number of rotatable bonds is 5. The van der Waals surface area contributed by atoms with Gasteiger partial charge in [-0.05, 0) is 62.2 Å². The van der Waals surface area contributed by atoms with Gasteiger partial charge in [0.15, 0.2) is 0 Å². The Kier molecular flexibility index (Phi) is 5.37. The molecular formula is C22H36O2. The third kappa shape index (κ3) is 3.09. The van der Waals surface area contributed by atoms with Gasteiger partial charge in [-0.25, -0.2) is 0 Å². The standard InChI is InChI=1S/C22H36O2/c1-16(2)10-8-13-21(6)19(15-24-17(3)23)14-18-11-9-12-20(4,5)22(18,21)7/h10-11,19H,8-9,12-15H2,1-7H3/t19-,21-,22-/m1/s1/i1+1,4+1,6+1,7+1,8+1,9+1,14+1,15+1/b16-10-/t19-,20?,21-,22-. The lowest BCUT2D eigenvalue weighted by Gasteiger charge is -2.56. The van der Waals surface area contributed by atoms with E-state index in [-0.39, 0.29) is 22.2 Å². The van der Waals surface area contributed by atoms with Gasteiger partial charge in [-0.15, -0.1) is 0 Å². The van der Waals surface area contributed by atoms with E-state index in [2.05, 4.69) is 53.7 Å². The Hall–Kier alpha value is -1.05. The number of hydrogen-bond acceptors (Lipinski definition) is 2. The summed E-state index contributed by atoms with van der Waals surface area (Å²) in [6.07, 6.45) is 10.6. The van der Waals surface area contributed by atoms with Gasteiger partial charge in [-0.1, -0.05) is 51.0 Å². The highest BCUT2D eigenvalue weighted by atomic mass is 16.6. The fraction of sp³-hybridized carbons (Fsp3) is 0.773. The summed E-state index contributed by atoms with van der Waals surface area (Å²) in [5.41, 5.74) is 3.61. The summed E-state index contributed by atoms with van der Waals surface area (Å²) < 4.78 is 5.49. The lowest BCUT2D eigenvalue weighted by atomic mass is 9.58. The Morgan fingerprint density at radius 1 is 1.25 bits per heavy atom. The summed E-state index contributed by atoms with van der Waals surface area (Å²) in [6, 6.07) is 0. The lowest BCUT2D eigenvalue weighted by molar-refractivity contribution is -0.145. The van der Waals surface area contributed by atoms with E-state index >= 15 is 0 Å². The Morgan fingerprint density at radius 2 is 1.92 bits per heavy atom. The predicted molar refractivity (Wildman–Crippen MR) is 101 cm³/mol. The maximum atomic E-state index is 11.4. The first-order valence-electron chi connectivity index (χ1n) is 9.51. The number of ether oxygens (including phenoxy) is 1. The molecular weight excluding hydrogens is 304 g/mol. The van der Waals surface area contributed by atoms with Crippen molar-refractivity contribution in [3.63, 3.8) is 0 Å². The number of allylic oxidation sites excluding steroid dienone is 4. The zero-order valence-corrected chi connectivity index (χ0v) is 16.8. The molecule has 2 aliphatic rings. The van der Waals surface area contributed by atoms with E-state index < -0.39 is 0 Å². The second-order valence-electron chi connectivity index (χ2n) is 9.22. The first kappa shape index (κ1) is 19.3. The van der Waals surface area contributed by atoms with Crippen LogP contribution in [0.25, 0.3) is 0 Å². The third-order valence-electron chi connectivity index (χ3n) is 7.37. The first-order chi connectivity index (χ1) is 11.0. The second kappa shape index (κ2) is 6.69. The third-order valence-corrected chi connectivity index (χ3v) is 7.37. The number of carbonyl (C=O) groups is 1. The highest BCUT2D eigenvalue weighted by Crippen LogP contribution is 2.70. The maximum absolute atomic E-state index is 11.4. The molecule has 0 amide bonds. The molecule has 1 fully saturated rings. The first-order valence-corrected chi connectivity index (χ1v) is 9.51. The predicted octanol–water partition coefficient (Wildman–Crippen LogP) is 6.07. The minimum absolute atomic E-state index is 0.157. The van der Waals surface area contributed by atoms with Crippen LogP contribution in [0.3, 0.4) is 0 Å². The molecule has 4 atom stereocenters. The highest BCUT2D eigenvalue weighted by molar-refractivity contribution is 5.65. The van der Waals surface area contributed by atoms with Gasteiger partial charge in [0.25, 0.3) is 0 Å². The molecule has 24 heavy (non-hydrogen) atoms. The van der Waals surface area contributed by atoms with Gasteiger partial charge in [0.1, 0.15) is 0 Å². The van der Waals surface area contributed by atoms with Crippen molar-refractivity contribution >= 4 is 5.97 Å². The zero-order valence-electron chi connectivity index (χ0n) is 16.8. The summed E-state index contributed by atoms with van der Waals surface area (Å²) in [4.78, 5) is 11.4. The minimum Gasteiger partial charge on any atom is -0.466 e. The smallest absolute Gasteiger partial charge is 0.302 e. The highest BCUT2D eigenvalue weighted by Gasteiger charge is 2.63. The fourth-order valence-corrected chi connectivity index (χ4v) is 5.40. The van der Waals surface area contributed by atoms with Gasteiger partial charge in [0.05, 0.1) is 6.61 Å². The van der Waals surface area contributed by atoms with E-state index in [1.54, 1.807) is 5.57 Å². The largest absolute Gasteiger partial charge is 0.466 e. The van der Waals surface area contributed by atoms with Crippen molar-refractivity contribution in [3.8, 4) is 0 Å². The van der Waals surface area contributed by atoms with E-state index in [1.165, 1.54) is 25.3 Å². The average molecular weight is 340 g/mol. The Morgan fingerprint density at radius 3 is 2.50 bits per heavy atom. The van der Waals surface area contributed by atoms with Crippen LogP contribution in [-0.2, 0) is 9.53 Å². The number of esters is 1. The zero-order chi connectivity index (χ0) is 18.2. The van der Waals surface area contributed by atoms with Crippen molar-refractivity contribution in [1.29, 1.82) is 0 Å². The number of hydrogen-bond donors (Lipinski definition) is 0. The average Bonchev–Trinajstić information content (AvgIpc) is 2.67. The topological polar surface area (TPSA) is 26.3 Å². The van der Waals surface area contributed by atoms with Crippen LogP contribution in [0.5, 0.6) is 0 Å². The van der Waals surface area contributed by atoms with Crippen molar-refractivity contribution in [1.82, 2.24) is 0 Å². The van der Waals surface area contributed by atoms with E-state index in [9.17, 15) is 4.79 Å². The van der Waals surface area contributed by atoms with Crippen LogP contribution in [0.15, 0.2) is 23.3 Å². The van der Waals surface area contributed by atoms with Crippen molar-refractivity contribution in [2.24, 2.45) is 22.2 Å². The van der Waals surface area contributed by atoms with E-state index in [1.807, 2.05) is 0 Å². The van der Waals surface area contributed by atoms with Crippen molar-refractivity contribution < 1.29 is 9.53 Å². The molecule has 0 aliphatic heterocycles. The molecule has 1 unspecified atom stereocenters. The van der Waals surface area contributed by atoms with Crippen LogP contribution >= 0.6 is 0 Å². The Labute approximate surface area is 148 Å². The van der Waals surface area contributed by atoms with Gasteiger partial charge in [-0.2, -0.15) is 0 Å². The van der Waals surface area contributed by atoms with Crippen LogP contribution in [0.1, 0.15) is 80.6 Å². The second-order valence-corrected chi connectivity index (χ2v) is 9.22. The quantitative estimate of drug-likeness (QED) is 0.345. The van der Waals surface area contributed by atoms with Gasteiger partial charge in [-0.3, -0.25) is 4.79 Å². The van der Waals surface area contributed by atoms with Gasteiger partial charge >= 0.3 is 5.97 Å². The van der Waals surface area contributed by atoms with Gasteiger partial charge < -0.3 is 4.74 Å². The van der Waals surface area contributed by atoms with Gasteiger partial charge in [0, 0.05) is 12.8 Å². The molecule has 0 spiro atoms. The Balaban J connectivity index is 2.39. The molecule has 0 bridgehead atoms. The summed E-state index contributed by atoms with van der Waals surface area (Å²) in [5.74, 6) is 0.260. The summed E-state index contributed by atoms with van der Waals surface area (Å²) in [6.45, 7) is 16.2. The van der Waals surface area contributed by atoms with Crippen LogP contribution < -0.4 is 0 Å². The minimum atomic E-state index is -0.157. The molecule has 0 aromatic carbocycles. The number of carbonyl (C=O) groups excluding carboxylic acids is 1. The van der Waals surface area contributed by atoms with E-state index in [0.717, 1.165) is 19.3 Å². The molecule has 2 heteroatoms. The molecule has 0 saturated heterocycles. The number of fused-ring (bicyclic) bond motifs is 1. The molecule has 2 nitrogen and oxygen atoms in total. The summed E-state index contributed by atoms with van der Waals surface area (Å²) in [7, 11) is 0. The lowest BCUT2D eigenvalue weighted by Crippen LogP contribution is -2.49. The fourth-order valence-electron chi connectivity index (χ4n) is 5.40. The maximum Gasteiger partial charge on any atom is 0.302 e. The SMILES string of the molecule is CC(=O)O[13CH2][C@H]1[13CH2]C2=C[13CH2]CC(C)([13CH3])[C@]2([13CH3])[C@]1([13CH3])C[13CH2]/C=C(\C)[13CH3]. The van der Waals surface area contributed by atoms with E-state index in [0.29, 0.717) is 12.5 Å². The van der Waals surface area contributed by atoms with Crippen molar-refractivity contribution in [3.05, 3.63) is 23.3 Å². The van der Waals surface area contributed by atoms with E-state index in [4.69, 9.17) is 4.74 Å². The molecule has 0 heterocycles. The monoisotopic (exact) mass is 340 g/mol. The molecule has 0 aromatic rings. The molecule has 1 saturated carbocycles.